The first kappa shape index (κ1) is 14.0. The lowest BCUT2D eigenvalue weighted by Crippen LogP contribution is -2.37. The molecule has 96 valence electrons. The molecule has 1 N–H and O–H groups in total. The lowest BCUT2D eigenvalue weighted by molar-refractivity contribution is 0.183. The van der Waals surface area contributed by atoms with E-state index in [1.807, 2.05) is 0 Å². The molecule has 0 bridgehead atoms. The molecular weight excluding hydrogens is 196 g/mol. The van der Waals surface area contributed by atoms with Crippen LogP contribution in [0.15, 0.2) is 0 Å². The average molecular weight is 226 g/mol. The smallest absolute Gasteiger partial charge is 0.0110 e. The van der Waals surface area contributed by atoms with E-state index in [0.29, 0.717) is 6.04 Å². The Kier molecular flexibility index (Phi) is 7.06. The van der Waals surface area contributed by atoms with Gasteiger partial charge >= 0.3 is 0 Å². The summed E-state index contributed by atoms with van der Waals surface area (Å²) in [6.45, 7) is 10.6. The SMILES string of the molecule is CCCCC(CCC)N1CCNC(C)CC1. The maximum atomic E-state index is 3.59. The molecule has 1 saturated heterocycles. The third-order valence-electron chi connectivity index (χ3n) is 3.77. The summed E-state index contributed by atoms with van der Waals surface area (Å²) in [5.41, 5.74) is 0. The molecule has 0 spiro atoms. The Balaban J connectivity index is 2.41. The van der Waals surface area contributed by atoms with Crippen LogP contribution < -0.4 is 5.32 Å². The molecule has 2 heteroatoms. The van der Waals surface area contributed by atoms with E-state index in [9.17, 15) is 0 Å². The molecule has 0 radical (unpaired) electrons. The van der Waals surface area contributed by atoms with Crippen molar-refractivity contribution < 1.29 is 0 Å². The van der Waals surface area contributed by atoms with Crippen LogP contribution >= 0.6 is 0 Å². The van der Waals surface area contributed by atoms with Gasteiger partial charge in [-0.2, -0.15) is 0 Å². The van der Waals surface area contributed by atoms with Gasteiger partial charge in [0.15, 0.2) is 0 Å². The number of hydrogen-bond acceptors (Lipinski definition) is 2. The molecule has 2 atom stereocenters. The highest BCUT2D eigenvalue weighted by atomic mass is 15.2. The molecule has 0 amide bonds. The van der Waals surface area contributed by atoms with E-state index in [-0.39, 0.29) is 0 Å². The Morgan fingerprint density at radius 1 is 1.19 bits per heavy atom. The Hall–Kier alpha value is -0.0800. The maximum absolute atomic E-state index is 3.59. The van der Waals surface area contributed by atoms with Gasteiger partial charge in [0, 0.05) is 25.2 Å². The van der Waals surface area contributed by atoms with Gasteiger partial charge in [0.05, 0.1) is 0 Å². The third-order valence-corrected chi connectivity index (χ3v) is 3.77. The van der Waals surface area contributed by atoms with Gasteiger partial charge in [-0.15, -0.1) is 0 Å². The zero-order valence-electron chi connectivity index (χ0n) is 11.5. The van der Waals surface area contributed by atoms with E-state index in [2.05, 4.69) is 31.0 Å². The minimum Gasteiger partial charge on any atom is -0.313 e. The molecule has 1 fully saturated rings. The normalized spacial score (nSPS) is 25.3. The highest BCUT2D eigenvalue weighted by molar-refractivity contribution is 4.77. The first-order valence-corrected chi connectivity index (χ1v) is 7.25. The molecule has 0 aromatic heterocycles. The highest BCUT2D eigenvalue weighted by Crippen LogP contribution is 2.16. The van der Waals surface area contributed by atoms with Crippen LogP contribution in [0, 0.1) is 0 Å². The maximum Gasteiger partial charge on any atom is 0.0110 e. The van der Waals surface area contributed by atoms with Gasteiger partial charge in [-0.1, -0.05) is 33.1 Å². The second kappa shape index (κ2) is 8.08. The molecule has 0 aliphatic carbocycles. The van der Waals surface area contributed by atoms with Crippen LogP contribution in [0.2, 0.25) is 0 Å². The Bertz CT molecular complexity index is 168. The fourth-order valence-corrected chi connectivity index (χ4v) is 2.68. The van der Waals surface area contributed by atoms with Crippen molar-refractivity contribution in [2.45, 2.75) is 71.4 Å². The van der Waals surface area contributed by atoms with E-state index in [4.69, 9.17) is 0 Å². The Labute approximate surface area is 102 Å². The van der Waals surface area contributed by atoms with Crippen molar-refractivity contribution in [3.8, 4) is 0 Å². The molecule has 0 aromatic carbocycles. The molecule has 1 aliphatic rings. The van der Waals surface area contributed by atoms with E-state index in [1.54, 1.807) is 0 Å². The molecule has 1 aliphatic heterocycles. The third kappa shape index (κ3) is 4.84. The minimum absolute atomic E-state index is 0.707. The first-order chi connectivity index (χ1) is 7.77. The summed E-state index contributed by atoms with van der Waals surface area (Å²) in [7, 11) is 0. The lowest BCUT2D eigenvalue weighted by Gasteiger charge is -2.30. The number of nitrogens with one attached hydrogen (secondary N) is 1. The molecule has 1 heterocycles. The van der Waals surface area contributed by atoms with Crippen molar-refractivity contribution >= 4 is 0 Å². The van der Waals surface area contributed by atoms with Crippen molar-refractivity contribution in [3.63, 3.8) is 0 Å². The molecular formula is C14H30N2. The summed E-state index contributed by atoms with van der Waals surface area (Å²) < 4.78 is 0. The van der Waals surface area contributed by atoms with Crippen LogP contribution in [-0.4, -0.2) is 36.6 Å². The number of nitrogens with zero attached hydrogens (tertiary/aromatic N) is 1. The summed E-state index contributed by atoms with van der Waals surface area (Å²) in [6.07, 6.45) is 8.15. The van der Waals surface area contributed by atoms with Gasteiger partial charge in [-0.3, -0.25) is 4.90 Å². The molecule has 16 heavy (non-hydrogen) atoms. The predicted octanol–water partition coefficient (Wildman–Crippen LogP) is 3.03. The quantitative estimate of drug-likeness (QED) is 0.749. The minimum atomic E-state index is 0.707. The molecule has 1 rings (SSSR count). The van der Waals surface area contributed by atoms with Gasteiger partial charge < -0.3 is 5.32 Å². The Morgan fingerprint density at radius 3 is 2.69 bits per heavy atom. The number of hydrogen-bond donors (Lipinski definition) is 1. The number of rotatable bonds is 6. The standard InChI is InChI=1S/C14H30N2/c1-4-6-8-14(7-5-2)16-11-9-13(3)15-10-12-16/h13-15H,4-12H2,1-3H3. The Morgan fingerprint density at radius 2 is 2.00 bits per heavy atom. The van der Waals surface area contributed by atoms with Gasteiger partial charge in [0.2, 0.25) is 0 Å². The number of unbranched alkanes of at least 4 members (excludes halogenated alkanes) is 1. The van der Waals surface area contributed by atoms with E-state index in [1.165, 1.54) is 58.2 Å². The van der Waals surface area contributed by atoms with E-state index < -0.39 is 0 Å². The summed E-state index contributed by atoms with van der Waals surface area (Å²) in [5.74, 6) is 0. The van der Waals surface area contributed by atoms with Gasteiger partial charge in [-0.25, -0.2) is 0 Å². The predicted molar refractivity (Wildman–Crippen MR) is 71.9 cm³/mol. The average Bonchev–Trinajstić information content (AvgIpc) is 2.49. The summed E-state index contributed by atoms with van der Waals surface area (Å²) in [5, 5.41) is 3.59. The van der Waals surface area contributed by atoms with Crippen LogP contribution in [-0.2, 0) is 0 Å². The molecule has 0 saturated carbocycles. The second-order valence-corrected chi connectivity index (χ2v) is 5.26. The van der Waals surface area contributed by atoms with Crippen LogP contribution in [0.5, 0.6) is 0 Å². The monoisotopic (exact) mass is 226 g/mol. The van der Waals surface area contributed by atoms with Crippen molar-refractivity contribution in [1.82, 2.24) is 10.2 Å². The molecule has 2 unspecified atom stereocenters. The fourth-order valence-electron chi connectivity index (χ4n) is 2.68. The lowest BCUT2D eigenvalue weighted by atomic mass is 10.0. The summed E-state index contributed by atoms with van der Waals surface area (Å²) in [6, 6.07) is 1.55. The first-order valence-electron chi connectivity index (χ1n) is 7.25. The summed E-state index contributed by atoms with van der Waals surface area (Å²) >= 11 is 0. The van der Waals surface area contributed by atoms with Crippen LogP contribution in [0.1, 0.15) is 59.3 Å². The summed E-state index contributed by atoms with van der Waals surface area (Å²) in [4.78, 5) is 2.73. The van der Waals surface area contributed by atoms with Gasteiger partial charge in [-0.05, 0) is 32.7 Å². The molecule has 2 nitrogen and oxygen atoms in total. The zero-order valence-corrected chi connectivity index (χ0v) is 11.5. The highest BCUT2D eigenvalue weighted by Gasteiger charge is 2.20. The fraction of sp³-hybridized carbons (Fsp3) is 1.00. The van der Waals surface area contributed by atoms with Gasteiger partial charge in [0.25, 0.3) is 0 Å². The van der Waals surface area contributed by atoms with Crippen molar-refractivity contribution in [2.75, 3.05) is 19.6 Å². The zero-order chi connectivity index (χ0) is 11.8. The second-order valence-electron chi connectivity index (χ2n) is 5.26. The van der Waals surface area contributed by atoms with Crippen molar-refractivity contribution in [1.29, 1.82) is 0 Å². The largest absolute Gasteiger partial charge is 0.313 e. The van der Waals surface area contributed by atoms with E-state index >= 15 is 0 Å². The van der Waals surface area contributed by atoms with Crippen LogP contribution in [0.25, 0.3) is 0 Å². The molecule has 0 aromatic rings. The topological polar surface area (TPSA) is 15.3 Å². The van der Waals surface area contributed by atoms with Gasteiger partial charge in [0.1, 0.15) is 0 Å². The van der Waals surface area contributed by atoms with Crippen LogP contribution in [0.4, 0.5) is 0 Å². The van der Waals surface area contributed by atoms with Crippen molar-refractivity contribution in [2.24, 2.45) is 0 Å². The van der Waals surface area contributed by atoms with Crippen molar-refractivity contribution in [3.05, 3.63) is 0 Å². The van der Waals surface area contributed by atoms with Crippen LogP contribution in [0.3, 0.4) is 0 Å². The van der Waals surface area contributed by atoms with E-state index in [0.717, 1.165) is 6.04 Å².